The van der Waals surface area contributed by atoms with E-state index in [4.69, 9.17) is 0 Å². The largest absolute Gasteiger partial charge is 0.416 e. The third-order valence-corrected chi connectivity index (χ3v) is 5.11. The fraction of sp³-hybridized carbons (Fsp3) is 0.364. The molecule has 1 fully saturated rings. The van der Waals surface area contributed by atoms with Crippen LogP contribution in [-0.4, -0.2) is 36.3 Å². The lowest BCUT2D eigenvalue weighted by atomic mass is 9.98. The molecule has 2 aromatic carbocycles. The third kappa shape index (κ3) is 5.75. The van der Waals surface area contributed by atoms with Crippen LogP contribution < -0.4 is 10.6 Å². The van der Waals surface area contributed by atoms with Gasteiger partial charge in [0, 0.05) is 30.0 Å². The number of piperidine rings is 1. The molecule has 30 heavy (non-hydrogen) atoms. The maximum atomic E-state index is 12.8. The summed E-state index contributed by atoms with van der Waals surface area (Å²) in [4.78, 5) is 26.6. The number of nitrogens with one attached hydrogen (secondary N) is 2. The van der Waals surface area contributed by atoms with Crippen LogP contribution in [0.2, 0.25) is 0 Å². The zero-order valence-corrected chi connectivity index (χ0v) is 16.6. The predicted molar refractivity (Wildman–Crippen MR) is 109 cm³/mol. The molecule has 1 aliphatic heterocycles. The number of hydrogen-bond donors (Lipinski definition) is 2. The Labute approximate surface area is 173 Å². The molecule has 8 heteroatoms. The van der Waals surface area contributed by atoms with Crippen molar-refractivity contribution >= 4 is 23.2 Å². The van der Waals surface area contributed by atoms with E-state index in [1.165, 1.54) is 12.1 Å². The lowest BCUT2D eigenvalue weighted by Crippen LogP contribution is -2.37. The summed E-state index contributed by atoms with van der Waals surface area (Å²) >= 11 is 0. The monoisotopic (exact) mass is 419 g/mol. The van der Waals surface area contributed by atoms with Gasteiger partial charge in [0.05, 0.1) is 12.1 Å². The Morgan fingerprint density at radius 2 is 1.70 bits per heavy atom. The molecule has 2 aromatic rings. The van der Waals surface area contributed by atoms with Crippen molar-refractivity contribution < 1.29 is 22.8 Å². The minimum Gasteiger partial charge on any atom is -0.376 e. The third-order valence-electron chi connectivity index (χ3n) is 5.11. The van der Waals surface area contributed by atoms with Crippen LogP contribution >= 0.6 is 0 Å². The van der Waals surface area contributed by atoms with Gasteiger partial charge in [-0.3, -0.25) is 9.59 Å². The van der Waals surface area contributed by atoms with Gasteiger partial charge < -0.3 is 15.5 Å². The van der Waals surface area contributed by atoms with Crippen molar-refractivity contribution in [2.75, 3.05) is 30.3 Å². The topological polar surface area (TPSA) is 61.4 Å². The first-order chi connectivity index (χ1) is 14.2. The van der Waals surface area contributed by atoms with Crippen LogP contribution in [0.4, 0.5) is 24.5 Å². The van der Waals surface area contributed by atoms with Crippen molar-refractivity contribution in [3.05, 3.63) is 59.7 Å². The van der Waals surface area contributed by atoms with Crippen molar-refractivity contribution in [2.45, 2.75) is 25.9 Å². The molecule has 5 nitrogen and oxygen atoms in total. The standard InChI is InChI=1S/C22H24F3N3O2/c1-15-8-10-28(11-9-15)21(30)16-4-2-6-18(12-16)26-14-20(29)27-19-7-3-5-17(13-19)22(23,24)25/h2-7,12-13,15,26H,8-11,14H2,1H3,(H,27,29). The molecule has 3 rings (SSSR count). The van der Waals surface area contributed by atoms with Gasteiger partial charge in [-0.1, -0.05) is 19.1 Å². The van der Waals surface area contributed by atoms with Gasteiger partial charge in [0.25, 0.3) is 5.91 Å². The van der Waals surface area contributed by atoms with Crippen molar-refractivity contribution in [1.29, 1.82) is 0 Å². The number of benzene rings is 2. The van der Waals surface area contributed by atoms with Gasteiger partial charge in [-0.25, -0.2) is 0 Å². The van der Waals surface area contributed by atoms with Gasteiger partial charge >= 0.3 is 6.18 Å². The van der Waals surface area contributed by atoms with Gasteiger partial charge in [0.1, 0.15) is 0 Å². The minimum absolute atomic E-state index is 0.0426. The Bertz CT molecular complexity index is 906. The van der Waals surface area contributed by atoms with E-state index in [-0.39, 0.29) is 18.1 Å². The molecule has 0 spiro atoms. The molecular formula is C22H24F3N3O2. The van der Waals surface area contributed by atoms with E-state index < -0.39 is 17.6 Å². The Kier molecular flexibility index (Phi) is 6.64. The molecular weight excluding hydrogens is 395 g/mol. The second-order valence-corrected chi connectivity index (χ2v) is 7.54. The fourth-order valence-corrected chi connectivity index (χ4v) is 3.32. The lowest BCUT2D eigenvalue weighted by molar-refractivity contribution is -0.137. The number of rotatable bonds is 5. The molecule has 0 bridgehead atoms. The number of carbonyl (C=O) groups is 2. The second kappa shape index (κ2) is 9.19. The maximum Gasteiger partial charge on any atom is 0.416 e. The summed E-state index contributed by atoms with van der Waals surface area (Å²) < 4.78 is 38.3. The van der Waals surface area contributed by atoms with E-state index in [1.807, 2.05) is 4.90 Å². The van der Waals surface area contributed by atoms with Crippen LogP contribution in [0.3, 0.4) is 0 Å². The molecule has 0 atom stereocenters. The number of carbonyl (C=O) groups excluding carboxylic acids is 2. The molecule has 0 saturated carbocycles. The van der Waals surface area contributed by atoms with E-state index in [9.17, 15) is 22.8 Å². The molecule has 2 N–H and O–H groups in total. The highest BCUT2D eigenvalue weighted by atomic mass is 19.4. The Morgan fingerprint density at radius 1 is 1.03 bits per heavy atom. The average Bonchev–Trinajstić information content (AvgIpc) is 2.72. The number of amides is 2. The van der Waals surface area contributed by atoms with Gasteiger partial charge in [-0.15, -0.1) is 0 Å². The summed E-state index contributed by atoms with van der Waals surface area (Å²) in [6, 6.07) is 11.3. The maximum absolute atomic E-state index is 12.8. The number of likely N-dealkylation sites (tertiary alicyclic amines) is 1. The zero-order valence-electron chi connectivity index (χ0n) is 16.6. The molecule has 0 aromatic heterocycles. The highest BCUT2D eigenvalue weighted by Gasteiger charge is 2.30. The summed E-state index contributed by atoms with van der Waals surface area (Å²) in [6.07, 6.45) is -2.50. The molecule has 1 aliphatic rings. The molecule has 1 heterocycles. The van der Waals surface area contributed by atoms with E-state index >= 15 is 0 Å². The molecule has 160 valence electrons. The van der Waals surface area contributed by atoms with Crippen LogP contribution in [0.25, 0.3) is 0 Å². The summed E-state index contributed by atoms with van der Waals surface area (Å²) in [5.41, 5.74) is 0.365. The first kappa shape index (κ1) is 21.7. The molecule has 0 aliphatic carbocycles. The van der Waals surface area contributed by atoms with Crippen LogP contribution in [0.5, 0.6) is 0 Å². The Balaban J connectivity index is 1.56. The van der Waals surface area contributed by atoms with E-state index in [2.05, 4.69) is 17.6 Å². The van der Waals surface area contributed by atoms with Crippen molar-refractivity contribution in [1.82, 2.24) is 4.90 Å². The molecule has 2 amide bonds. The van der Waals surface area contributed by atoms with E-state index in [1.54, 1.807) is 24.3 Å². The van der Waals surface area contributed by atoms with Gasteiger partial charge in [-0.05, 0) is 55.2 Å². The number of halogens is 3. The van der Waals surface area contributed by atoms with Crippen molar-refractivity contribution in [2.24, 2.45) is 5.92 Å². The second-order valence-electron chi connectivity index (χ2n) is 7.54. The van der Waals surface area contributed by atoms with Crippen molar-refractivity contribution in [3.8, 4) is 0 Å². The van der Waals surface area contributed by atoms with Crippen LogP contribution in [0.15, 0.2) is 48.5 Å². The summed E-state index contributed by atoms with van der Waals surface area (Å²) in [7, 11) is 0. The zero-order chi connectivity index (χ0) is 21.7. The first-order valence-corrected chi connectivity index (χ1v) is 9.82. The van der Waals surface area contributed by atoms with E-state index in [0.29, 0.717) is 17.2 Å². The minimum atomic E-state index is -4.47. The van der Waals surface area contributed by atoms with Crippen molar-refractivity contribution in [3.63, 3.8) is 0 Å². The molecule has 0 unspecified atom stereocenters. The first-order valence-electron chi connectivity index (χ1n) is 9.82. The lowest BCUT2D eigenvalue weighted by Gasteiger charge is -2.30. The van der Waals surface area contributed by atoms with E-state index in [0.717, 1.165) is 38.1 Å². The Hall–Kier alpha value is -3.03. The number of hydrogen-bond acceptors (Lipinski definition) is 3. The normalized spacial score (nSPS) is 15.0. The Morgan fingerprint density at radius 3 is 2.40 bits per heavy atom. The fourth-order valence-electron chi connectivity index (χ4n) is 3.32. The quantitative estimate of drug-likeness (QED) is 0.743. The van der Waals surface area contributed by atoms with Gasteiger partial charge in [-0.2, -0.15) is 13.2 Å². The van der Waals surface area contributed by atoms with Gasteiger partial charge in [0.2, 0.25) is 5.91 Å². The van der Waals surface area contributed by atoms with Crippen LogP contribution in [-0.2, 0) is 11.0 Å². The summed E-state index contributed by atoms with van der Waals surface area (Å²) in [5.74, 6) is 0.0902. The number of nitrogens with zero attached hydrogens (tertiary/aromatic N) is 1. The van der Waals surface area contributed by atoms with Crippen LogP contribution in [0.1, 0.15) is 35.7 Å². The molecule has 1 saturated heterocycles. The number of anilines is 2. The van der Waals surface area contributed by atoms with Crippen LogP contribution in [0, 0.1) is 5.92 Å². The average molecular weight is 419 g/mol. The smallest absolute Gasteiger partial charge is 0.376 e. The summed E-state index contributed by atoms with van der Waals surface area (Å²) in [5, 5.41) is 5.35. The SMILES string of the molecule is CC1CCN(C(=O)c2cccc(NCC(=O)Nc3cccc(C(F)(F)F)c3)c2)CC1. The van der Waals surface area contributed by atoms with Gasteiger partial charge in [0.15, 0.2) is 0 Å². The molecule has 0 radical (unpaired) electrons. The number of alkyl halides is 3. The highest BCUT2D eigenvalue weighted by molar-refractivity contribution is 5.96. The highest BCUT2D eigenvalue weighted by Crippen LogP contribution is 2.30. The predicted octanol–water partition coefficient (Wildman–Crippen LogP) is 4.63. The summed E-state index contributed by atoms with van der Waals surface area (Å²) in [6.45, 7) is 3.50.